The minimum absolute atomic E-state index is 0.199. The lowest BCUT2D eigenvalue weighted by molar-refractivity contribution is -0.385. The number of aromatic carboxylic acids is 1. The van der Waals surface area contributed by atoms with Crippen LogP contribution in [-0.2, 0) is 10.0 Å². The predicted octanol–water partition coefficient (Wildman–Crippen LogP) is 1.82. The summed E-state index contributed by atoms with van der Waals surface area (Å²) in [4.78, 5) is 20.3. The summed E-state index contributed by atoms with van der Waals surface area (Å²) in [5.74, 6) is -2.31. The number of nitro groups is 1. The number of non-ortho nitro benzene ring substituents is 1. The van der Waals surface area contributed by atoms with Gasteiger partial charge >= 0.3 is 5.97 Å². The maximum Gasteiger partial charge on any atom is 0.335 e. The van der Waals surface area contributed by atoms with E-state index in [0.29, 0.717) is 0 Å². The van der Waals surface area contributed by atoms with Gasteiger partial charge in [0.05, 0.1) is 15.5 Å². The summed E-state index contributed by atoms with van der Waals surface area (Å²) in [6, 6.07) is 5.65. The smallest absolute Gasteiger partial charge is 0.335 e. The largest absolute Gasteiger partial charge is 0.872 e. The first kappa shape index (κ1) is 17.5. The molecule has 0 bridgehead atoms. The number of carboxylic acid groups (broad SMARTS) is 1. The van der Waals surface area contributed by atoms with Crippen LogP contribution in [-0.4, -0.2) is 24.4 Å². The van der Waals surface area contributed by atoms with Crippen LogP contribution in [0.3, 0.4) is 0 Å². The number of hydrogen-bond donors (Lipinski definition) is 2. The first-order valence-corrected chi connectivity index (χ1v) is 7.99. The molecule has 2 rings (SSSR count). The molecule has 0 unspecified atom stereocenters. The summed E-state index contributed by atoms with van der Waals surface area (Å²) in [7, 11) is -4.34. The van der Waals surface area contributed by atoms with Crippen molar-refractivity contribution < 1.29 is 28.3 Å². The van der Waals surface area contributed by atoms with Gasteiger partial charge in [0.15, 0.2) is 0 Å². The van der Waals surface area contributed by atoms with E-state index in [9.17, 15) is 28.4 Å². The van der Waals surface area contributed by atoms with Gasteiger partial charge in [-0.1, -0.05) is 23.4 Å². The Morgan fingerprint density at radius 3 is 2.46 bits per heavy atom. The Bertz CT molecular complexity index is 943. The fourth-order valence-electron chi connectivity index (χ4n) is 1.78. The molecule has 0 amide bonds. The van der Waals surface area contributed by atoms with Crippen LogP contribution in [0.25, 0.3) is 0 Å². The van der Waals surface area contributed by atoms with Crippen LogP contribution in [0.1, 0.15) is 10.4 Å². The zero-order valence-corrected chi connectivity index (χ0v) is 13.2. The van der Waals surface area contributed by atoms with Crippen molar-refractivity contribution in [2.24, 2.45) is 0 Å². The van der Waals surface area contributed by atoms with Crippen molar-refractivity contribution in [3.8, 4) is 5.75 Å². The van der Waals surface area contributed by atoms with Crippen LogP contribution in [0.2, 0.25) is 5.02 Å². The number of sulfonamides is 1. The van der Waals surface area contributed by atoms with Gasteiger partial charge in [-0.2, -0.15) is 0 Å². The Kier molecular flexibility index (Phi) is 4.62. The predicted molar refractivity (Wildman–Crippen MR) is 81.8 cm³/mol. The summed E-state index contributed by atoms with van der Waals surface area (Å²) >= 11 is 5.77. The number of halogens is 1. The number of anilines is 1. The van der Waals surface area contributed by atoms with E-state index in [2.05, 4.69) is 0 Å². The summed E-state index contributed by atoms with van der Waals surface area (Å²) in [5.41, 5.74) is -1.31. The van der Waals surface area contributed by atoms with Crippen molar-refractivity contribution in [3.05, 3.63) is 57.1 Å². The molecule has 0 atom stereocenters. The van der Waals surface area contributed by atoms with Crippen molar-refractivity contribution in [3.63, 3.8) is 0 Å². The van der Waals surface area contributed by atoms with Crippen molar-refractivity contribution >= 4 is 39.0 Å². The normalized spacial score (nSPS) is 11.0. The number of hydrogen-bond acceptors (Lipinski definition) is 6. The molecule has 0 spiro atoms. The monoisotopic (exact) mass is 371 g/mol. The number of nitrogens with one attached hydrogen (secondary N) is 1. The second-order valence-electron chi connectivity index (χ2n) is 4.49. The second kappa shape index (κ2) is 6.34. The molecular weight excluding hydrogens is 364 g/mol. The van der Waals surface area contributed by atoms with Gasteiger partial charge in [0.2, 0.25) is 0 Å². The van der Waals surface area contributed by atoms with Gasteiger partial charge in [-0.05, 0) is 18.2 Å². The van der Waals surface area contributed by atoms with Gasteiger partial charge in [0.1, 0.15) is 4.90 Å². The maximum absolute atomic E-state index is 12.3. The molecule has 0 radical (unpaired) electrons. The highest BCUT2D eigenvalue weighted by molar-refractivity contribution is 7.92. The van der Waals surface area contributed by atoms with E-state index >= 15 is 0 Å². The Balaban J connectivity index is 2.46. The summed E-state index contributed by atoms with van der Waals surface area (Å²) < 4.78 is 26.7. The highest BCUT2D eigenvalue weighted by atomic mass is 35.5. The van der Waals surface area contributed by atoms with Gasteiger partial charge in [0, 0.05) is 17.8 Å². The summed E-state index contributed by atoms with van der Waals surface area (Å²) in [6.07, 6.45) is 0. The number of nitro benzene ring substituents is 1. The standard InChI is InChI=1S/C13H9ClN2O7S/c14-10-3-2-8(16(20)21)6-12(10)24(22,23)15-7-1-4-11(17)9(5-7)13(18)19/h1-6,15,17H,(H,18,19)/p-1. The molecule has 2 N–H and O–H groups in total. The number of carbonyl (C=O) groups is 1. The Morgan fingerprint density at radius 2 is 1.88 bits per heavy atom. The molecule has 0 aliphatic heterocycles. The van der Waals surface area contributed by atoms with Crippen LogP contribution < -0.4 is 9.83 Å². The molecular formula is C13H8ClN2O7S-. The fraction of sp³-hybridized carbons (Fsp3) is 0. The van der Waals surface area contributed by atoms with Crippen molar-refractivity contribution in [2.45, 2.75) is 4.90 Å². The molecule has 0 aliphatic carbocycles. The van der Waals surface area contributed by atoms with Gasteiger partial charge in [-0.25, -0.2) is 13.2 Å². The number of nitrogens with zero attached hydrogens (tertiary/aromatic N) is 1. The Morgan fingerprint density at radius 1 is 1.21 bits per heavy atom. The van der Waals surface area contributed by atoms with E-state index < -0.39 is 42.8 Å². The average molecular weight is 372 g/mol. The molecule has 126 valence electrons. The highest BCUT2D eigenvalue weighted by Crippen LogP contribution is 2.28. The minimum Gasteiger partial charge on any atom is -0.872 e. The van der Waals surface area contributed by atoms with Crippen molar-refractivity contribution in [1.82, 2.24) is 0 Å². The molecule has 0 aliphatic rings. The van der Waals surface area contributed by atoms with Crippen LogP contribution in [0, 0.1) is 10.1 Å². The van der Waals surface area contributed by atoms with Gasteiger partial charge in [-0.3, -0.25) is 14.8 Å². The van der Waals surface area contributed by atoms with E-state index in [1.54, 1.807) is 0 Å². The van der Waals surface area contributed by atoms with E-state index in [0.717, 1.165) is 36.4 Å². The Labute approximate surface area is 140 Å². The third kappa shape index (κ3) is 3.55. The molecule has 0 fully saturated rings. The third-order valence-electron chi connectivity index (χ3n) is 2.88. The second-order valence-corrected chi connectivity index (χ2v) is 6.55. The van der Waals surface area contributed by atoms with Gasteiger partial charge in [-0.15, -0.1) is 0 Å². The zero-order chi connectivity index (χ0) is 18.1. The average Bonchev–Trinajstić information content (AvgIpc) is 2.48. The van der Waals surface area contributed by atoms with Crippen LogP contribution in [0.15, 0.2) is 41.3 Å². The van der Waals surface area contributed by atoms with Crippen LogP contribution in [0.5, 0.6) is 5.75 Å². The maximum atomic E-state index is 12.3. The molecule has 0 aromatic heterocycles. The minimum atomic E-state index is -4.34. The zero-order valence-electron chi connectivity index (χ0n) is 11.6. The molecule has 0 saturated carbocycles. The SMILES string of the molecule is O=C(O)c1cc(NS(=O)(=O)c2cc([N+](=O)[O-])ccc2Cl)ccc1[O-]. The summed E-state index contributed by atoms with van der Waals surface area (Å²) in [5, 5.41) is 30.7. The molecule has 0 heterocycles. The van der Waals surface area contributed by atoms with E-state index in [4.69, 9.17) is 16.7 Å². The topological polar surface area (TPSA) is 150 Å². The lowest BCUT2D eigenvalue weighted by Crippen LogP contribution is -2.15. The van der Waals surface area contributed by atoms with E-state index in [1.165, 1.54) is 0 Å². The van der Waals surface area contributed by atoms with E-state index in [1.807, 2.05) is 4.72 Å². The molecule has 24 heavy (non-hydrogen) atoms. The number of rotatable bonds is 5. The van der Waals surface area contributed by atoms with Gasteiger partial charge < -0.3 is 10.2 Å². The molecule has 2 aromatic carbocycles. The highest BCUT2D eigenvalue weighted by Gasteiger charge is 2.22. The first-order valence-electron chi connectivity index (χ1n) is 6.13. The fourth-order valence-corrected chi connectivity index (χ4v) is 3.35. The molecule has 0 saturated heterocycles. The van der Waals surface area contributed by atoms with Crippen molar-refractivity contribution in [1.29, 1.82) is 0 Å². The lowest BCUT2D eigenvalue weighted by atomic mass is 10.2. The summed E-state index contributed by atoms with van der Waals surface area (Å²) in [6.45, 7) is 0. The molecule has 9 nitrogen and oxygen atoms in total. The lowest BCUT2D eigenvalue weighted by Gasteiger charge is -2.14. The number of benzene rings is 2. The quantitative estimate of drug-likeness (QED) is 0.601. The van der Waals surface area contributed by atoms with Gasteiger partial charge in [0.25, 0.3) is 15.7 Å². The Hall–Kier alpha value is -2.85. The van der Waals surface area contributed by atoms with E-state index in [-0.39, 0.29) is 10.7 Å². The first-order chi connectivity index (χ1) is 11.1. The molecule has 11 heteroatoms. The molecule has 2 aromatic rings. The van der Waals surface area contributed by atoms with Crippen LogP contribution >= 0.6 is 11.6 Å². The number of carboxylic acids is 1. The van der Waals surface area contributed by atoms with Crippen molar-refractivity contribution in [2.75, 3.05) is 4.72 Å². The third-order valence-corrected chi connectivity index (χ3v) is 4.74. The van der Waals surface area contributed by atoms with Crippen LogP contribution in [0.4, 0.5) is 11.4 Å².